The van der Waals surface area contributed by atoms with E-state index in [1.165, 1.54) is 7.05 Å². The average molecular weight is 352 g/mol. The molecule has 2 N–H and O–H groups in total. The lowest BCUT2D eigenvalue weighted by molar-refractivity contribution is -0.741. The fourth-order valence-electron chi connectivity index (χ4n) is 2.60. The van der Waals surface area contributed by atoms with Crippen LogP contribution in [0.3, 0.4) is 0 Å². The first kappa shape index (κ1) is 15.3. The Morgan fingerprint density at radius 3 is 2.68 bits per heavy atom. The van der Waals surface area contributed by atoms with E-state index < -0.39 is 11.7 Å². The van der Waals surface area contributed by atoms with Crippen LogP contribution in [0.25, 0.3) is 21.5 Å². The summed E-state index contributed by atoms with van der Waals surface area (Å²) < 4.78 is 5.62. The molecule has 4 rings (SSSR count). The van der Waals surface area contributed by atoms with E-state index in [1.54, 1.807) is 0 Å². The Balaban J connectivity index is 1.84. The maximum absolute atomic E-state index is 12.7. The van der Waals surface area contributed by atoms with Crippen LogP contribution < -0.4 is 15.5 Å². The lowest BCUT2D eigenvalue weighted by Gasteiger charge is -2.00. The summed E-state index contributed by atoms with van der Waals surface area (Å²) in [5.41, 5.74) is 8.01. The fraction of sp³-hybridized carbons (Fsp3) is 0.0588. The number of thiophene rings is 1. The number of nitrogen functional groups attached to an aromatic ring is 1. The second-order valence-corrected chi connectivity index (χ2v) is 6.42. The van der Waals surface area contributed by atoms with Gasteiger partial charge in [-0.15, -0.1) is 11.3 Å². The summed E-state index contributed by atoms with van der Waals surface area (Å²) in [5.74, 6) is -1.31. The van der Waals surface area contributed by atoms with Gasteiger partial charge in [0.05, 0.1) is 16.7 Å². The number of hydrogen-bond donors (Lipinski definition) is 1. The van der Waals surface area contributed by atoms with Crippen molar-refractivity contribution in [3.8, 4) is 17.2 Å². The Bertz CT molecular complexity index is 1080. The molecule has 25 heavy (non-hydrogen) atoms. The maximum atomic E-state index is 12.7. The molecule has 3 aromatic heterocycles. The Labute approximate surface area is 145 Å². The van der Waals surface area contributed by atoms with Crippen LogP contribution in [0.2, 0.25) is 0 Å². The van der Waals surface area contributed by atoms with Crippen molar-refractivity contribution in [3.63, 3.8) is 0 Å². The lowest BCUT2D eigenvalue weighted by Crippen LogP contribution is -2.37. The van der Waals surface area contributed by atoms with Crippen molar-refractivity contribution >= 4 is 33.0 Å². The largest absolute Gasteiger partial charge is 0.539 e. The summed E-state index contributed by atoms with van der Waals surface area (Å²) in [6.07, 6.45) is 0. The van der Waals surface area contributed by atoms with Crippen LogP contribution in [0.5, 0.6) is 5.95 Å². The number of benzene rings is 1. The molecule has 0 radical (unpaired) electrons. The van der Waals surface area contributed by atoms with E-state index in [0.717, 1.165) is 27.3 Å². The van der Waals surface area contributed by atoms with Crippen LogP contribution in [0.4, 0.5) is 5.69 Å². The maximum Gasteiger partial charge on any atom is 0.305 e. The molecule has 0 aliphatic rings. The Morgan fingerprint density at radius 1 is 1.24 bits per heavy atom. The molecule has 1 aromatic carbocycles. The molecule has 0 saturated heterocycles. The van der Waals surface area contributed by atoms with Crippen LogP contribution in [0.15, 0.2) is 47.0 Å². The molecular weight excluding hydrogens is 340 g/mol. The number of nitrogens with zero attached hydrogens (tertiary/aromatic N) is 3. The summed E-state index contributed by atoms with van der Waals surface area (Å²) >= 11 is 1.15. The number of rotatable bonds is 3. The molecule has 124 valence electrons. The third-order valence-corrected chi connectivity index (χ3v) is 4.96. The van der Waals surface area contributed by atoms with Crippen molar-refractivity contribution in [2.75, 3.05) is 5.73 Å². The second kappa shape index (κ2) is 5.67. The molecule has 0 aliphatic carbocycles. The Kier molecular flexibility index (Phi) is 3.47. The molecule has 3 heterocycles. The molecule has 7 nitrogen and oxygen atoms in total. The average Bonchev–Trinajstić information content (AvgIpc) is 3.14. The first-order chi connectivity index (χ1) is 12.1. The van der Waals surface area contributed by atoms with Gasteiger partial charge in [0.1, 0.15) is 9.71 Å². The predicted octanol–water partition coefficient (Wildman–Crippen LogP) is 1.66. The van der Waals surface area contributed by atoms with E-state index in [-0.39, 0.29) is 10.6 Å². The van der Waals surface area contributed by atoms with E-state index in [4.69, 9.17) is 5.73 Å². The van der Waals surface area contributed by atoms with Crippen molar-refractivity contribution in [2.45, 2.75) is 0 Å². The van der Waals surface area contributed by atoms with Crippen LogP contribution in [0.1, 0.15) is 15.4 Å². The van der Waals surface area contributed by atoms with Crippen LogP contribution in [-0.2, 0) is 7.05 Å². The van der Waals surface area contributed by atoms with E-state index in [2.05, 4.69) is 14.8 Å². The molecular formula is C17H12N4O3S. The van der Waals surface area contributed by atoms with Crippen molar-refractivity contribution < 1.29 is 19.1 Å². The van der Waals surface area contributed by atoms with Gasteiger partial charge in [-0.1, -0.05) is 35.0 Å². The highest BCUT2D eigenvalue weighted by Crippen LogP contribution is 2.35. The molecule has 0 saturated carbocycles. The predicted molar refractivity (Wildman–Crippen MR) is 90.0 cm³/mol. The smallest absolute Gasteiger partial charge is 0.305 e. The van der Waals surface area contributed by atoms with Gasteiger partial charge in [0.15, 0.2) is 13.0 Å². The number of aromatic nitrogens is 3. The van der Waals surface area contributed by atoms with E-state index in [9.17, 15) is 9.90 Å². The molecule has 0 fully saturated rings. The highest BCUT2D eigenvalue weighted by molar-refractivity contribution is 7.21. The monoisotopic (exact) mass is 352 g/mol. The number of carbonyl (C=O) groups is 1. The standard InChI is InChI=1S/C17H12N4O3S/c1-21-13(17(23)24-20-21)14(22)15-12(18)10-7-8-11(19-16(10)25-15)9-5-3-2-4-6-9/h2-8H,1H3,(H2-,18,20,22,23). The summed E-state index contributed by atoms with van der Waals surface area (Å²) in [6.45, 7) is 0. The number of pyridine rings is 1. The van der Waals surface area contributed by atoms with Gasteiger partial charge in [-0.05, 0) is 12.1 Å². The first-order valence-corrected chi connectivity index (χ1v) is 8.20. The van der Waals surface area contributed by atoms with Gasteiger partial charge in [0.2, 0.25) is 0 Å². The van der Waals surface area contributed by atoms with Gasteiger partial charge in [-0.2, -0.15) is 0 Å². The molecule has 0 bridgehead atoms. The van der Waals surface area contributed by atoms with E-state index in [0.29, 0.717) is 15.9 Å². The minimum atomic E-state index is -0.790. The Hall–Kier alpha value is -3.26. The Morgan fingerprint density at radius 2 is 2.00 bits per heavy atom. The highest BCUT2D eigenvalue weighted by atomic mass is 32.1. The van der Waals surface area contributed by atoms with Crippen molar-refractivity contribution in [2.24, 2.45) is 7.05 Å². The molecule has 0 spiro atoms. The van der Waals surface area contributed by atoms with Crippen LogP contribution in [0, 0.1) is 0 Å². The molecule has 8 heteroatoms. The van der Waals surface area contributed by atoms with Crippen LogP contribution >= 0.6 is 11.3 Å². The van der Waals surface area contributed by atoms with Crippen molar-refractivity contribution in [3.05, 3.63) is 53.0 Å². The number of hydrogen-bond acceptors (Lipinski definition) is 7. The van der Waals surface area contributed by atoms with Gasteiger partial charge < -0.3 is 15.4 Å². The highest BCUT2D eigenvalue weighted by Gasteiger charge is 2.28. The minimum absolute atomic E-state index is 0.165. The molecule has 4 aromatic rings. The van der Waals surface area contributed by atoms with E-state index >= 15 is 0 Å². The number of aryl methyl sites for hydroxylation is 1. The lowest BCUT2D eigenvalue weighted by atomic mass is 10.1. The normalized spacial score (nSPS) is 11.1. The summed E-state index contributed by atoms with van der Waals surface area (Å²) in [6, 6.07) is 13.4. The van der Waals surface area contributed by atoms with Crippen molar-refractivity contribution in [1.29, 1.82) is 0 Å². The third kappa shape index (κ3) is 2.43. The molecule has 0 amide bonds. The third-order valence-electron chi connectivity index (χ3n) is 3.85. The number of fused-ring (bicyclic) bond motifs is 1. The zero-order chi connectivity index (χ0) is 17.6. The first-order valence-electron chi connectivity index (χ1n) is 7.38. The zero-order valence-corrected chi connectivity index (χ0v) is 13.9. The van der Waals surface area contributed by atoms with Gasteiger partial charge in [0.25, 0.3) is 5.78 Å². The molecule has 0 aliphatic heterocycles. The fourth-order valence-corrected chi connectivity index (χ4v) is 3.63. The molecule has 0 unspecified atom stereocenters. The minimum Gasteiger partial charge on any atom is -0.539 e. The van der Waals surface area contributed by atoms with Gasteiger partial charge >= 0.3 is 5.69 Å². The quantitative estimate of drug-likeness (QED) is 0.444. The van der Waals surface area contributed by atoms with Crippen molar-refractivity contribution in [1.82, 2.24) is 10.3 Å². The SMILES string of the molecule is C[n+]1noc([O-])c1C(=O)c1sc2nc(-c3ccccc3)ccc2c1N. The number of carbonyl (C=O) groups excluding carboxylic acids is 1. The summed E-state index contributed by atoms with van der Waals surface area (Å²) in [5, 5.41) is 15.8. The zero-order valence-electron chi connectivity index (χ0n) is 13.1. The van der Waals surface area contributed by atoms with Crippen LogP contribution in [-0.4, -0.2) is 16.0 Å². The van der Waals surface area contributed by atoms with E-state index in [1.807, 2.05) is 42.5 Å². The second-order valence-electron chi connectivity index (χ2n) is 5.42. The number of anilines is 1. The summed E-state index contributed by atoms with van der Waals surface area (Å²) in [7, 11) is 1.47. The van der Waals surface area contributed by atoms with Gasteiger partial charge in [0, 0.05) is 10.9 Å². The topological polar surface area (TPSA) is 109 Å². The van der Waals surface area contributed by atoms with Gasteiger partial charge in [-0.3, -0.25) is 4.79 Å². The van der Waals surface area contributed by atoms with Gasteiger partial charge in [-0.25, -0.2) is 4.98 Å². The summed E-state index contributed by atoms with van der Waals surface area (Å²) in [4.78, 5) is 18.2. The molecule has 0 atom stereocenters. The number of ketones is 1. The number of nitrogens with two attached hydrogens (primary N) is 1.